The molecule has 4 saturated heterocycles. The second-order valence-corrected chi connectivity index (χ2v) is 19.1. The van der Waals surface area contributed by atoms with E-state index in [1.807, 2.05) is 24.8 Å². The molecule has 4 fully saturated rings. The minimum Gasteiger partial charge on any atom is -0.460 e. The molecule has 0 N–H and O–H groups in total. The van der Waals surface area contributed by atoms with Gasteiger partial charge in [0, 0.05) is 116 Å². The van der Waals surface area contributed by atoms with Gasteiger partial charge < -0.3 is 67.0 Å². The van der Waals surface area contributed by atoms with Crippen molar-refractivity contribution in [2.75, 3.05) is 159 Å². The molecule has 4 aliphatic heterocycles. The zero-order valence-corrected chi connectivity index (χ0v) is 43.9. The van der Waals surface area contributed by atoms with Crippen molar-refractivity contribution in [3.8, 4) is 0 Å². The van der Waals surface area contributed by atoms with Crippen LogP contribution in [0.15, 0.2) is 49.1 Å². The molecule has 0 unspecified atom stereocenters. The van der Waals surface area contributed by atoms with Gasteiger partial charge in [0.15, 0.2) is 0 Å². The number of hydrogen-bond acceptors (Lipinski definition) is 18. The molecule has 0 aliphatic carbocycles. The zero-order valence-electron chi connectivity index (χ0n) is 43.9. The lowest BCUT2D eigenvalue weighted by atomic mass is 9.87. The van der Waals surface area contributed by atoms with Gasteiger partial charge in [0.1, 0.15) is 26.4 Å². The van der Waals surface area contributed by atoms with Crippen molar-refractivity contribution in [3.05, 3.63) is 49.1 Å². The van der Waals surface area contributed by atoms with Gasteiger partial charge in [-0.3, -0.25) is 0 Å². The van der Waals surface area contributed by atoms with Gasteiger partial charge in [-0.2, -0.15) is 0 Å². The molecule has 18 heteroatoms. The molecule has 0 amide bonds. The van der Waals surface area contributed by atoms with Crippen molar-refractivity contribution in [2.45, 2.75) is 89.9 Å². The minimum absolute atomic E-state index is 0.180. The number of piperidine rings is 4. The van der Waals surface area contributed by atoms with E-state index in [9.17, 15) is 19.2 Å². The second-order valence-electron chi connectivity index (χ2n) is 19.1. The van der Waals surface area contributed by atoms with Gasteiger partial charge in [0.2, 0.25) is 0 Å². The van der Waals surface area contributed by atoms with Crippen LogP contribution in [0, 0.1) is 23.7 Å². The zero-order chi connectivity index (χ0) is 51.1. The van der Waals surface area contributed by atoms with Crippen LogP contribution >= 0.6 is 0 Å². The van der Waals surface area contributed by atoms with E-state index in [-0.39, 0.29) is 50.3 Å². The van der Waals surface area contributed by atoms with Crippen molar-refractivity contribution in [2.24, 2.45) is 23.7 Å². The Kier molecular flexibility index (Phi) is 32.9. The normalized spacial score (nSPS) is 18.1. The third-order valence-corrected chi connectivity index (χ3v) is 13.9. The second kappa shape index (κ2) is 39.3. The summed E-state index contributed by atoms with van der Waals surface area (Å²) in [5.74, 6) is 1.56. The maximum atomic E-state index is 12.2. The summed E-state index contributed by atoms with van der Waals surface area (Å²) in [4.78, 5) is 57.0. The first-order chi connectivity index (χ1) is 35.3. The quantitative estimate of drug-likeness (QED) is 0.0318. The average molecular weight is 1020 g/mol. The van der Waals surface area contributed by atoms with Crippen molar-refractivity contribution < 1.29 is 66.5 Å². The fourth-order valence-electron chi connectivity index (χ4n) is 9.43. The lowest BCUT2D eigenvalue weighted by molar-refractivity contribution is -0.140. The van der Waals surface area contributed by atoms with Crippen molar-refractivity contribution in [1.82, 2.24) is 19.6 Å². The van der Waals surface area contributed by atoms with Gasteiger partial charge in [-0.25, -0.2) is 19.2 Å². The monoisotopic (exact) mass is 1020 g/mol. The number of hydrogen-bond donors (Lipinski definition) is 0. The van der Waals surface area contributed by atoms with Gasteiger partial charge >= 0.3 is 23.9 Å². The van der Waals surface area contributed by atoms with Gasteiger partial charge in [0.05, 0.1) is 66.1 Å². The van der Waals surface area contributed by atoms with Crippen LogP contribution in [-0.4, -0.2) is 203 Å². The fourth-order valence-corrected chi connectivity index (χ4v) is 9.43. The smallest absolute Gasteiger partial charge is 0.332 e. The summed E-state index contributed by atoms with van der Waals surface area (Å²) in [5.41, 5.74) is 0. The molecule has 0 saturated carbocycles. The summed E-state index contributed by atoms with van der Waals surface area (Å²) in [6.45, 7) is 12.5. The Balaban J connectivity index is 0.858. The molecule has 0 bridgehead atoms. The summed E-state index contributed by atoms with van der Waals surface area (Å²) in [6.07, 6.45) is 30.2. The number of rotatable bonds is 37. The van der Waals surface area contributed by atoms with E-state index >= 15 is 0 Å². The van der Waals surface area contributed by atoms with Crippen molar-refractivity contribution in [1.29, 1.82) is 0 Å². The van der Waals surface area contributed by atoms with Crippen LogP contribution in [0.1, 0.15) is 89.9 Å². The maximum absolute atomic E-state index is 12.2. The highest BCUT2D eigenvalue weighted by molar-refractivity contribution is 5.82. The molecule has 0 radical (unpaired) electrons. The van der Waals surface area contributed by atoms with E-state index in [0.29, 0.717) is 66.1 Å². The first kappa shape index (κ1) is 60.4. The van der Waals surface area contributed by atoms with E-state index in [1.165, 1.54) is 62.8 Å². The Hall–Kier alpha value is -4.20. The maximum Gasteiger partial charge on any atom is 0.332 e. The summed E-state index contributed by atoms with van der Waals surface area (Å²) < 4.78 is 52.6. The molecule has 0 aromatic heterocycles. The predicted molar refractivity (Wildman–Crippen MR) is 272 cm³/mol. The van der Waals surface area contributed by atoms with Crippen LogP contribution in [0.2, 0.25) is 0 Å². The van der Waals surface area contributed by atoms with E-state index in [2.05, 4.69) is 19.6 Å². The Bertz CT molecular complexity index is 1570. The molecule has 0 atom stereocenters. The molecule has 0 aromatic carbocycles. The highest BCUT2D eigenvalue weighted by Gasteiger charge is 2.22. The third kappa shape index (κ3) is 29.5. The molecule has 4 heterocycles. The highest BCUT2D eigenvalue weighted by atomic mass is 16.6. The summed E-state index contributed by atoms with van der Waals surface area (Å²) in [5, 5.41) is 0. The average Bonchev–Trinajstić information content (AvgIpc) is 3.40. The molecule has 0 spiro atoms. The van der Waals surface area contributed by atoms with E-state index < -0.39 is 0 Å². The number of carbonyl (C=O) groups excluding carboxylic acids is 4. The first-order valence-electron chi connectivity index (χ1n) is 26.9. The van der Waals surface area contributed by atoms with Crippen LogP contribution in [0.25, 0.3) is 0 Å². The molecule has 410 valence electrons. The molecule has 72 heavy (non-hydrogen) atoms. The third-order valence-electron chi connectivity index (χ3n) is 13.9. The summed E-state index contributed by atoms with van der Waals surface area (Å²) >= 11 is 0. The predicted octanol–water partition coefficient (Wildman–Crippen LogP) is 5.76. The van der Waals surface area contributed by atoms with Crippen LogP contribution in [0.3, 0.4) is 0 Å². The standard InChI is InChI=1S/C54H90N4O14/c1-63-33-35-65-40-44-70-52(60)18-30-56-23-11-48(12-24-56)7-4-8-50-15-27-58(28-16-50)32-20-54(62)72-46-42-68-39-37-66-36-38-67-41-45-71-53(61)19-31-57-25-13-49(14-26-57)6-3-5-47-9-21-55(22-10-47)29-17-51(59)69-43-34-64-2/h17-20,29-32,47-50H,3-16,21-28,33-46H2,1-2H3/b29-17+,30-18+,31-19+,32-20+. The lowest BCUT2D eigenvalue weighted by Crippen LogP contribution is -2.30. The number of esters is 4. The van der Waals surface area contributed by atoms with E-state index in [4.69, 9.17) is 47.4 Å². The lowest BCUT2D eigenvalue weighted by Gasteiger charge is -2.33. The fraction of sp³-hybridized carbons (Fsp3) is 0.778. The Morgan fingerprint density at radius 3 is 0.792 bits per heavy atom. The summed E-state index contributed by atoms with van der Waals surface area (Å²) in [7, 11) is 3.20. The Labute approximate surface area is 430 Å². The Morgan fingerprint density at radius 1 is 0.333 bits per heavy atom. The van der Waals surface area contributed by atoms with Crippen LogP contribution in [0.4, 0.5) is 0 Å². The van der Waals surface area contributed by atoms with Crippen molar-refractivity contribution in [3.63, 3.8) is 0 Å². The van der Waals surface area contributed by atoms with Crippen LogP contribution in [-0.2, 0) is 66.5 Å². The number of carbonyl (C=O) groups is 4. The summed E-state index contributed by atoms with van der Waals surface area (Å²) in [6, 6.07) is 0. The SMILES string of the molecule is COCCOCCOC(=O)/C=C/N1CCC(CCCC2CCN(/C=C/C(=O)OCCOCCOCCOCCOC(=O)/C=C/N3CCC(CCCC4CCN(/C=C/C(=O)OCCOC)CC4)CC3)CC2)CC1. The highest BCUT2D eigenvalue weighted by Crippen LogP contribution is 2.29. The van der Waals surface area contributed by atoms with Crippen LogP contribution in [0.5, 0.6) is 0 Å². The minimum atomic E-state index is -0.369. The van der Waals surface area contributed by atoms with E-state index in [1.54, 1.807) is 14.2 Å². The molecular weight excluding hydrogens is 929 g/mol. The van der Waals surface area contributed by atoms with Gasteiger partial charge in [-0.1, -0.05) is 38.5 Å². The molecule has 0 aromatic rings. The van der Waals surface area contributed by atoms with Crippen LogP contribution < -0.4 is 0 Å². The number of methoxy groups -OCH3 is 2. The number of ether oxygens (including phenoxy) is 10. The molecule has 18 nitrogen and oxygen atoms in total. The Morgan fingerprint density at radius 2 is 0.542 bits per heavy atom. The van der Waals surface area contributed by atoms with Gasteiger partial charge in [-0.05, 0) is 75.0 Å². The van der Waals surface area contributed by atoms with Gasteiger partial charge in [-0.15, -0.1) is 0 Å². The first-order valence-corrected chi connectivity index (χ1v) is 26.9. The number of nitrogens with zero attached hydrogens (tertiary/aromatic N) is 4. The molecular formula is C54H90N4O14. The number of likely N-dealkylation sites (tertiary alicyclic amines) is 4. The topological polar surface area (TPSA) is 174 Å². The largest absolute Gasteiger partial charge is 0.460 e. The van der Waals surface area contributed by atoms with Gasteiger partial charge in [0.25, 0.3) is 0 Å². The molecule has 4 aliphatic rings. The molecule has 4 rings (SSSR count). The van der Waals surface area contributed by atoms with E-state index in [0.717, 1.165) is 127 Å². The van der Waals surface area contributed by atoms with Crippen molar-refractivity contribution >= 4 is 23.9 Å².